The molecule has 0 aromatic carbocycles. The number of aliphatic carboxylic acids is 1. The fourth-order valence-corrected chi connectivity index (χ4v) is 0.562. The second-order valence-corrected chi connectivity index (χ2v) is 1.94. The zero-order chi connectivity index (χ0) is 9.14. The lowest BCUT2D eigenvalue weighted by Crippen LogP contribution is -2.34. The largest absolute Gasteiger partial charge is 0.480 e. The van der Waals surface area contributed by atoms with Crippen molar-refractivity contribution in [2.75, 3.05) is 0 Å². The molecule has 0 fully saturated rings. The summed E-state index contributed by atoms with van der Waals surface area (Å²) in [6, 6.07) is 0. The fourth-order valence-electron chi connectivity index (χ4n) is 0.562. The highest BCUT2D eigenvalue weighted by molar-refractivity contribution is 5.66. The first-order chi connectivity index (χ1) is 5.59. The molecule has 0 atom stereocenters. The normalized spacial score (nSPS) is 9.67. The SMILES string of the molecule is O=C(O)Cn1[c]nc(=O)c(=O)[nH]1. The monoisotopic (exact) mass is 170 g/mol. The van der Waals surface area contributed by atoms with Gasteiger partial charge >= 0.3 is 17.1 Å². The van der Waals surface area contributed by atoms with Gasteiger partial charge in [-0.1, -0.05) is 0 Å². The molecule has 0 saturated carbocycles. The summed E-state index contributed by atoms with van der Waals surface area (Å²) >= 11 is 0. The van der Waals surface area contributed by atoms with Crippen molar-refractivity contribution in [3.8, 4) is 0 Å². The van der Waals surface area contributed by atoms with E-state index < -0.39 is 23.6 Å². The number of hydrogen-bond acceptors (Lipinski definition) is 4. The molecule has 1 radical (unpaired) electrons. The van der Waals surface area contributed by atoms with E-state index in [0.717, 1.165) is 4.68 Å². The summed E-state index contributed by atoms with van der Waals surface area (Å²) in [5.74, 6) is -1.16. The Hall–Kier alpha value is -1.92. The Labute approximate surface area is 65.3 Å². The van der Waals surface area contributed by atoms with Crippen LogP contribution in [0.2, 0.25) is 0 Å². The van der Waals surface area contributed by atoms with Crippen LogP contribution in [0.5, 0.6) is 0 Å². The molecule has 7 heteroatoms. The molecule has 0 unspecified atom stereocenters. The molecule has 0 bridgehead atoms. The van der Waals surface area contributed by atoms with Gasteiger partial charge in [0.15, 0.2) is 6.33 Å². The third kappa shape index (κ3) is 1.78. The molecule has 12 heavy (non-hydrogen) atoms. The molecule has 63 valence electrons. The lowest BCUT2D eigenvalue weighted by molar-refractivity contribution is -0.137. The quantitative estimate of drug-likeness (QED) is 0.491. The maximum absolute atomic E-state index is 10.6. The summed E-state index contributed by atoms with van der Waals surface area (Å²) in [5, 5.41) is 10.2. The third-order valence-corrected chi connectivity index (χ3v) is 0.996. The van der Waals surface area contributed by atoms with E-state index in [1.165, 1.54) is 0 Å². The zero-order valence-corrected chi connectivity index (χ0v) is 5.77. The second kappa shape index (κ2) is 2.99. The Morgan fingerprint density at radius 2 is 2.33 bits per heavy atom. The van der Waals surface area contributed by atoms with Gasteiger partial charge in [0, 0.05) is 0 Å². The zero-order valence-electron chi connectivity index (χ0n) is 5.77. The van der Waals surface area contributed by atoms with Crippen molar-refractivity contribution in [1.29, 1.82) is 0 Å². The van der Waals surface area contributed by atoms with E-state index in [1.807, 2.05) is 11.4 Å². The average molecular weight is 170 g/mol. The lowest BCUT2D eigenvalue weighted by atomic mass is 10.7. The van der Waals surface area contributed by atoms with Crippen LogP contribution >= 0.6 is 0 Å². The van der Waals surface area contributed by atoms with Crippen LogP contribution in [0, 0.1) is 6.33 Å². The molecule has 7 nitrogen and oxygen atoms in total. The summed E-state index contributed by atoms with van der Waals surface area (Å²) in [4.78, 5) is 34.1. The Morgan fingerprint density at radius 1 is 1.67 bits per heavy atom. The number of H-pyrrole nitrogens is 1. The Morgan fingerprint density at radius 3 is 2.83 bits per heavy atom. The molecular weight excluding hydrogens is 166 g/mol. The van der Waals surface area contributed by atoms with Crippen LogP contribution in [0.25, 0.3) is 0 Å². The Bertz CT molecular complexity index is 404. The smallest absolute Gasteiger partial charge is 0.338 e. The van der Waals surface area contributed by atoms with Crippen LogP contribution in [0.1, 0.15) is 0 Å². The van der Waals surface area contributed by atoms with Crippen LogP contribution in [-0.4, -0.2) is 25.8 Å². The first-order valence-corrected chi connectivity index (χ1v) is 2.90. The molecule has 1 aromatic heterocycles. The van der Waals surface area contributed by atoms with Gasteiger partial charge in [-0.15, -0.1) is 0 Å². The third-order valence-electron chi connectivity index (χ3n) is 0.996. The minimum absolute atomic E-state index is 0.484. The van der Waals surface area contributed by atoms with Gasteiger partial charge in [-0.25, -0.2) is 0 Å². The van der Waals surface area contributed by atoms with Crippen molar-refractivity contribution >= 4 is 5.97 Å². The second-order valence-electron chi connectivity index (χ2n) is 1.94. The van der Waals surface area contributed by atoms with Gasteiger partial charge in [0.25, 0.3) is 0 Å². The topological polar surface area (TPSA) is 105 Å². The standard InChI is InChI=1S/C5H4N3O4/c9-3(10)1-8-2-6-4(11)5(12)7-8/h1H2,(H,7,12)(H,9,10). The molecule has 0 aliphatic rings. The number of carboxylic acid groups (broad SMARTS) is 1. The molecule has 1 heterocycles. The van der Waals surface area contributed by atoms with Crippen LogP contribution in [0.4, 0.5) is 0 Å². The van der Waals surface area contributed by atoms with Crippen molar-refractivity contribution in [2.24, 2.45) is 0 Å². The summed E-state index contributed by atoms with van der Waals surface area (Å²) < 4.78 is 0.784. The first kappa shape index (κ1) is 8.18. The van der Waals surface area contributed by atoms with Crippen LogP contribution in [-0.2, 0) is 11.3 Å². The number of hydrogen-bond donors (Lipinski definition) is 2. The molecule has 0 amide bonds. The summed E-state index contributed by atoms with van der Waals surface area (Å²) in [5.41, 5.74) is -1.95. The number of aromatic nitrogens is 3. The van der Waals surface area contributed by atoms with E-state index >= 15 is 0 Å². The summed E-state index contributed by atoms with van der Waals surface area (Å²) in [7, 11) is 0. The highest BCUT2D eigenvalue weighted by atomic mass is 16.4. The molecule has 1 rings (SSSR count). The number of rotatable bonds is 2. The summed E-state index contributed by atoms with van der Waals surface area (Å²) in [6.07, 6.45) is 2.03. The molecule has 0 aliphatic heterocycles. The predicted molar refractivity (Wildman–Crippen MR) is 35.6 cm³/mol. The maximum atomic E-state index is 10.6. The van der Waals surface area contributed by atoms with Crippen molar-refractivity contribution in [3.05, 3.63) is 27.0 Å². The van der Waals surface area contributed by atoms with E-state index in [9.17, 15) is 14.4 Å². The number of nitrogens with one attached hydrogen (secondary N) is 1. The predicted octanol–water partition coefficient (Wildman–Crippen LogP) is -2.18. The Kier molecular flexibility index (Phi) is 2.04. The first-order valence-electron chi connectivity index (χ1n) is 2.90. The van der Waals surface area contributed by atoms with E-state index in [4.69, 9.17) is 5.11 Å². The summed E-state index contributed by atoms with van der Waals surface area (Å²) in [6.45, 7) is -0.484. The minimum Gasteiger partial charge on any atom is -0.480 e. The van der Waals surface area contributed by atoms with Gasteiger partial charge in [0.05, 0.1) is 0 Å². The molecule has 0 spiro atoms. The number of nitrogens with zero attached hydrogens (tertiary/aromatic N) is 2. The highest BCUT2D eigenvalue weighted by Gasteiger charge is 2.00. The van der Waals surface area contributed by atoms with Gasteiger partial charge in [-0.05, 0) is 0 Å². The lowest BCUT2D eigenvalue weighted by Gasteiger charge is -1.97. The van der Waals surface area contributed by atoms with E-state index in [1.54, 1.807) is 0 Å². The average Bonchev–Trinajstić information content (AvgIpc) is 1.96. The van der Waals surface area contributed by atoms with Gasteiger partial charge in [-0.2, -0.15) is 4.98 Å². The Balaban J connectivity index is 3.06. The van der Waals surface area contributed by atoms with Crippen molar-refractivity contribution in [2.45, 2.75) is 6.54 Å². The van der Waals surface area contributed by atoms with Gasteiger partial charge < -0.3 is 5.11 Å². The number of carbonyl (C=O) groups is 1. The van der Waals surface area contributed by atoms with Crippen LogP contribution < -0.4 is 11.1 Å². The van der Waals surface area contributed by atoms with E-state index in [0.29, 0.717) is 0 Å². The van der Waals surface area contributed by atoms with E-state index in [-0.39, 0.29) is 0 Å². The molecule has 0 aliphatic carbocycles. The molecular formula is C5H4N3O4. The molecule has 2 N–H and O–H groups in total. The van der Waals surface area contributed by atoms with Crippen molar-refractivity contribution in [3.63, 3.8) is 0 Å². The van der Waals surface area contributed by atoms with Crippen molar-refractivity contribution in [1.82, 2.24) is 14.8 Å². The van der Waals surface area contributed by atoms with Crippen LogP contribution in [0.3, 0.4) is 0 Å². The minimum atomic E-state index is -1.16. The highest BCUT2D eigenvalue weighted by Crippen LogP contribution is 1.72. The number of aromatic amines is 1. The molecule has 1 aromatic rings. The van der Waals surface area contributed by atoms with Crippen molar-refractivity contribution < 1.29 is 9.90 Å². The molecule has 0 saturated heterocycles. The number of carboxylic acids is 1. The maximum Gasteiger partial charge on any atom is 0.338 e. The van der Waals surface area contributed by atoms with Gasteiger partial charge in [0.1, 0.15) is 6.54 Å². The van der Waals surface area contributed by atoms with Crippen LogP contribution in [0.15, 0.2) is 9.59 Å². The van der Waals surface area contributed by atoms with Gasteiger partial charge in [0.2, 0.25) is 0 Å². The fraction of sp³-hybridized carbons (Fsp3) is 0.200. The van der Waals surface area contributed by atoms with Gasteiger partial charge in [-0.3, -0.25) is 24.2 Å². The van der Waals surface area contributed by atoms with E-state index in [2.05, 4.69) is 4.98 Å².